The van der Waals surface area contributed by atoms with Crippen LogP contribution in [0.4, 0.5) is 0 Å². The Balaban J connectivity index is 2.22. The highest BCUT2D eigenvalue weighted by Gasteiger charge is 2.25. The van der Waals surface area contributed by atoms with Gasteiger partial charge in [-0.3, -0.25) is 0 Å². The fraction of sp³-hybridized carbons (Fsp3) is 0.667. The highest BCUT2D eigenvalue weighted by Crippen LogP contribution is 2.38. The van der Waals surface area contributed by atoms with Crippen molar-refractivity contribution < 1.29 is 9.47 Å². The van der Waals surface area contributed by atoms with E-state index in [9.17, 15) is 0 Å². The van der Waals surface area contributed by atoms with Crippen LogP contribution in [0.1, 0.15) is 50.5 Å². The van der Waals surface area contributed by atoms with Crippen LogP contribution in [-0.2, 0) is 0 Å². The van der Waals surface area contributed by atoms with E-state index in [0.29, 0.717) is 5.92 Å². The molecule has 1 aliphatic carbocycles. The van der Waals surface area contributed by atoms with Gasteiger partial charge in [-0.15, -0.1) is 0 Å². The third kappa shape index (κ3) is 4.13. The SMILES string of the molecule is CCNCC(c1ccc(OC)c(OC)c1)C1CCCCC1. The van der Waals surface area contributed by atoms with Gasteiger partial charge in [0, 0.05) is 6.54 Å². The van der Waals surface area contributed by atoms with Crippen LogP contribution in [0.25, 0.3) is 0 Å². The molecular weight excluding hydrogens is 262 g/mol. The lowest BCUT2D eigenvalue weighted by molar-refractivity contribution is 0.296. The molecule has 0 spiro atoms. The Kier molecular flexibility index (Phi) is 6.37. The molecule has 3 nitrogen and oxygen atoms in total. The van der Waals surface area contributed by atoms with Gasteiger partial charge in [0.25, 0.3) is 0 Å². The van der Waals surface area contributed by atoms with Crippen LogP contribution in [0.2, 0.25) is 0 Å². The van der Waals surface area contributed by atoms with Crippen molar-refractivity contribution in [3.8, 4) is 11.5 Å². The van der Waals surface area contributed by atoms with E-state index in [2.05, 4.69) is 24.4 Å². The van der Waals surface area contributed by atoms with Gasteiger partial charge in [-0.05, 0) is 48.9 Å². The number of hydrogen-bond acceptors (Lipinski definition) is 3. The molecule has 1 atom stereocenters. The summed E-state index contributed by atoms with van der Waals surface area (Å²) in [5.74, 6) is 3.01. The first-order valence-electron chi connectivity index (χ1n) is 8.22. The summed E-state index contributed by atoms with van der Waals surface area (Å²) in [4.78, 5) is 0. The minimum Gasteiger partial charge on any atom is -0.493 e. The summed E-state index contributed by atoms with van der Waals surface area (Å²) in [5, 5.41) is 3.54. The van der Waals surface area contributed by atoms with Gasteiger partial charge in [0.2, 0.25) is 0 Å². The van der Waals surface area contributed by atoms with Crippen molar-refractivity contribution in [1.82, 2.24) is 5.32 Å². The lowest BCUT2D eigenvalue weighted by Gasteiger charge is -2.31. The molecular formula is C18H29NO2. The predicted molar refractivity (Wildman–Crippen MR) is 87.4 cm³/mol. The van der Waals surface area contributed by atoms with Crippen LogP contribution >= 0.6 is 0 Å². The largest absolute Gasteiger partial charge is 0.493 e. The second kappa shape index (κ2) is 8.28. The summed E-state index contributed by atoms with van der Waals surface area (Å²) < 4.78 is 10.8. The molecule has 3 heteroatoms. The molecule has 0 amide bonds. The summed E-state index contributed by atoms with van der Waals surface area (Å²) in [7, 11) is 3.40. The van der Waals surface area contributed by atoms with E-state index in [0.717, 1.165) is 30.5 Å². The van der Waals surface area contributed by atoms with Gasteiger partial charge in [-0.2, -0.15) is 0 Å². The van der Waals surface area contributed by atoms with Crippen molar-refractivity contribution in [1.29, 1.82) is 0 Å². The molecule has 0 bridgehead atoms. The van der Waals surface area contributed by atoms with Crippen LogP contribution in [-0.4, -0.2) is 27.3 Å². The quantitative estimate of drug-likeness (QED) is 0.824. The number of ether oxygens (including phenoxy) is 2. The second-order valence-electron chi connectivity index (χ2n) is 5.93. The fourth-order valence-corrected chi connectivity index (χ4v) is 3.48. The maximum absolute atomic E-state index is 5.47. The molecule has 1 N–H and O–H groups in total. The van der Waals surface area contributed by atoms with E-state index < -0.39 is 0 Å². The van der Waals surface area contributed by atoms with E-state index in [1.165, 1.54) is 37.7 Å². The van der Waals surface area contributed by atoms with Gasteiger partial charge in [0.1, 0.15) is 0 Å². The number of benzene rings is 1. The maximum Gasteiger partial charge on any atom is 0.160 e. The Morgan fingerprint density at radius 2 is 1.81 bits per heavy atom. The van der Waals surface area contributed by atoms with E-state index in [1.54, 1.807) is 14.2 Å². The van der Waals surface area contributed by atoms with Crippen molar-refractivity contribution >= 4 is 0 Å². The first-order chi connectivity index (χ1) is 10.3. The van der Waals surface area contributed by atoms with Gasteiger partial charge in [0.15, 0.2) is 11.5 Å². The zero-order chi connectivity index (χ0) is 15.1. The minimum atomic E-state index is 0.574. The number of methoxy groups -OCH3 is 2. The average molecular weight is 291 g/mol. The van der Waals surface area contributed by atoms with Crippen LogP contribution in [0.5, 0.6) is 11.5 Å². The molecule has 21 heavy (non-hydrogen) atoms. The predicted octanol–water partition coefficient (Wildman–Crippen LogP) is 3.98. The highest BCUT2D eigenvalue weighted by atomic mass is 16.5. The van der Waals surface area contributed by atoms with Gasteiger partial charge >= 0.3 is 0 Å². The van der Waals surface area contributed by atoms with Crippen LogP contribution < -0.4 is 14.8 Å². The van der Waals surface area contributed by atoms with Crippen LogP contribution in [0.15, 0.2) is 18.2 Å². The third-order valence-corrected chi connectivity index (χ3v) is 4.67. The van der Waals surface area contributed by atoms with Crippen molar-refractivity contribution in [2.24, 2.45) is 5.92 Å². The number of nitrogens with one attached hydrogen (secondary N) is 1. The van der Waals surface area contributed by atoms with Crippen molar-refractivity contribution in [2.75, 3.05) is 27.3 Å². The molecule has 0 aliphatic heterocycles. The van der Waals surface area contributed by atoms with E-state index >= 15 is 0 Å². The molecule has 0 saturated heterocycles. The third-order valence-electron chi connectivity index (χ3n) is 4.67. The number of hydrogen-bond donors (Lipinski definition) is 1. The second-order valence-corrected chi connectivity index (χ2v) is 5.93. The lowest BCUT2D eigenvalue weighted by Crippen LogP contribution is -2.28. The van der Waals surface area contributed by atoms with Gasteiger partial charge in [-0.1, -0.05) is 32.3 Å². The van der Waals surface area contributed by atoms with Gasteiger partial charge < -0.3 is 14.8 Å². The first-order valence-corrected chi connectivity index (χ1v) is 8.22. The zero-order valence-corrected chi connectivity index (χ0v) is 13.7. The molecule has 2 rings (SSSR count). The van der Waals surface area contributed by atoms with E-state index in [4.69, 9.17) is 9.47 Å². The summed E-state index contributed by atoms with van der Waals surface area (Å²) in [6.45, 7) is 4.25. The average Bonchev–Trinajstić information content (AvgIpc) is 2.56. The Morgan fingerprint density at radius 1 is 1.10 bits per heavy atom. The molecule has 1 fully saturated rings. The Hall–Kier alpha value is -1.22. The topological polar surface area (TPSA) is 30.5 Å². The van der Waals surface area contributed by atoms with Crippen LogP contribution in [0.3, 0.4) is 0 Å². The van der Waals surface area contributed by atoms with E-state index in [1.807, 2.05) is 6.07 Å². The molecule has 1 unspecified atom stereocenters. The molecule has 118 valence electrons. The Morgan fingerprint density at radius 3 is 2.43 bits per heavy atom. The van der Waals surface area contributed by atoms with Crippen LogP contribution in [0, 0.1) is 5.92 Å². The summed E-state index contributed by atoms with van der Waals surface area (Å²) in [5.41, 5.74) is 1.38. The zero-order valence-electron chi connectivity index (χ0n) is 13.7. The number of likely N-dealkylation sites (N-methyl/N-ethyl adjacent to an activating group) is 1. The van der Waals surface area contributed by atoms with Crippen molar-refractivity contribution in [2.45, 2.75) is 44.9 Å². The molecule has 1 aromatic rings. The molecule has 1 aromatic carbocycles. The molecule has 1 saturated carbocycles. The smallest absolute Gasteiger partial charge is 0.160 e. The summed E-state index contributed by atoms with van der Waals surface area (Å²) in [6, 6.07) is 6.41. The normalized spacial score (nSPS) is 17.5. The Labute approximate surface area is 129 Å². The number of rotatable bonds is 7. The fourth-order valence-electron chi connectivity index (χ4n) is 3.48. The molecule has 0 radical (unpaired) electrons. The highest BCUT2D eigenvalue weighted by molar-refractivity contribution is 5.44. The minimum absolute atomic E-state index is 0.574. The van der Waals surface area contributed by atoms with Crippen molar-refractivity contribution in [3.63, 3.8) is 0 Å². The molecule has 0 aromatic heterocycles. The molecule has 0 heterocycles. The van der Waals surface area contributed by atoms with Crippen molar-refractivity contribution in [3.05, 3.63) is 23.8 Å². The standard InChI is InChI=1S/C18H29NO2/c1-4-19-13-16(14-8-6-5-7-9-14)15-10-11-17(20-2)18(12-15)21-3/h10-12,14,16,19H,4-9,13H2,1-3H3. The molecule has 1 aliphatic rings. The monoisotopic (exact) mass is 291 g/mol. The lowest BCUT2D eigenvalue weighted by atomic mass is 9.76. The summed E-state index contributed by atoms with van der Waals surface area (Å²) in [6.07, 6.45) is 6.85. The Bertz CT molecular complexity index is 427. The van der Waals surface area contributed by atoms with Gasteiger partial charge in [-0.25, -0.2) is 0 Å². The summed E-state index contributed by atoms with van der Waals surface area (Å²) >= 11 is 0. The first kappa shape index (κ1) is 16.2. The van der Waals surface area contributed by atoms with Gasteiger partial charge in [0.05, 0.1) is 14.2 Å². The maximum atomic E-state index is 5.47. The van der Waals surface area contributed by atoms with E-state index in [-0.39, 0.29) is 0 Å².